The minimum atomic E-state index is -0.0570. The van der Waals surface area contributed by atoms with E-state index in [-0.39, 0.29) is 5.91 Å². The highest BCUT2D eigenvalue weighted by Crippen LogP contribution is 2.38. The van der Waals surface area contributed by atoms with Gasteiger partial charge in [-0.05, 0) is 48.9 Å². The topological polar surface area (TPSA) is 41.1 Å². The third kappa shape index (κ3) is 3.86. The van der Waals surface area contributed by atoms with Crippen molar-refractivity contribution >= 4 is 11.6 Å². The van der Waals surface area contributed by atoms with Gasteiger partial charge in [0.1, 0.15) is 0 Å². The number of hydrogen-bond donors (Lipinski definition) is 2. The van der Waals surface area contributed by atoms with Crippen LogP contribution in [0.3, 0.4) is 0 Å². The molecule has 0 bridgehead atoms. The van der Waals surface area contributed by atoms with Gasteiger partial charge in [-0.1, -0.05) is 19.9 Å². The molecule has 0 saturated heterocycles. The first-order chi connectivity index (χ1) is 9.50. The van der Waals surface area contributed by atoms with Crippen molar-refractivity contribution in [3.05, 3.63) is 42.5 Å². The van der Waals surface area contributed by atoms with Crippen LogP contribution in [0.2, 0.25) is 0 Å². The summed E-state index contributed by atoms with van der Waals surface area (Å²) in [4.78, 5) is 11.8. The number of nitrogens with one attached hydrogen (secondary N) is 2. The van der Waals surface area contributed by atoms with Gasteiger partial charge in [-0.25, -0.2) is 0 Å². The molecule has 1 atom stereocenters. The molecule has 1 aliphatic rings. The molecule has 1 aromatic carbocycles. The zero-order chi connectivity index (χ0) is 14.6. The summed E-state index contributed by atoms with van der Waals surface area (Å²) in [5.41, 5.74) is 2.22. The van der Waals surface area contributed by atoms with E-state index in [1.807, 2.05) is 24.3 Å². The molecule has 0 spiro atoms. The Morgan fingerprint density at radius 1 is 1.40 bits per heavy atom. The lowest BCUT2D eigenvalue weighted by molar-refractivity contribution is 0.0958. The average molecular weight is 272 g/mol. The monoisotopic (exact) mass is 272 g/mol. The van der Waals surface area contributed by atoms with Crippen molar-refractivity contribution in [2.24, 2.45) is 5.41 Å². The lowest BCUT2D eigenvalue weighted by atomic mass is 9.92. The molecule has 0 heterocycles. The van der Waals surface area contributed by atoms with Crippen LogP contribution in [0.15, 0.2) is 36.9 Å². The van der Waals surface area contributed by atoms with Gasteiger partial charge in [0, 0.05) is 23.8 Å². The Kier molecular flexibility index (Phi) is 4.48. The standard InChI is InChI=1S/C17H24N2O/c1-4-11-18-16(20)13-5-7-14(8-6-13)19-15-9-10-17(2,3)12-15/h4-8,15,19H,1,9-12H2,2-3H3,(H,18,20). The van der Waals surface area contributed by atoms with Gasteiger partial charge in [-0.15, -0.1) is 6.58 Å². The van der Waals surface area contributed by atoms with Gasteiger partial charge in [-0.3, -0.25) is 4.79 Å². The van der Waals surface area contributed by atoms with Gasteiger partial charge in [0.25, 0.3) is 5.91 Å². The van der Waals surface area contributed by atoms with Crippen LogP contribution in [-0.4, -0.2) is 18.5 Å². The summed E-state index contributed by atoms with van der Waals surface area (Å²) in [5.74, 6) is -0.0570. The summed E-state index contributed by atoms with van der Waals surface area (Å²) in [5, 5.41) is 6.33. The number of amides is 1. The molecule has 3 nitrogen and oxygen atoms in total. The molecule has 1 fully saturated rings. The zero-order valence-electron chi connectivity index (χ0n) is 12.4. The van der Waals surface area contributed by atoms with E-state index in [0.29, 0.717) is 23.6 Å². The molecule has 0 radical (unpaired) electrons. The molecule has 1 unspecified atom stereocenters. The van der Waals surface area contributed by atoms with Crippen molar-refractivity contribution in [1.29, 1.82) is 0 Å². The van der Waals surface area contributed by atoms with E-state index in [2.05, 4.69) is 31.1 Å². The van der Waals surface area contributed by atoms with Crippen molar-refractivity contribution in [3.63, 3.8) is 0 Å². The summed E-state index contributed by atoms with van der Waals surface area (Å²) < 4.78 is 0. The summed E-state index contributed by atoms with van der Waals surface area (Å²) in [6, 6.07) is 8.23. The average Bonchev–Trinajstić information content (AvgIpc) is 2.76. The molecule has 0 aliphatic heterocycles. The van der Waals surface area contributed by atoms with Crippen molar-refractivity contribution < 1.29 is 4.79 Å². The number of anilines is 1. The van der Waals surface area contributed by atoms with E-state index in [1.54, 1.807) is 6.08 Å². The Labute approximate surface area is 121 Å². The number of carbonyl (C=O) groups is 1. The Hall–Kier alpha value is -1.77. The first-order valence-corrected chi connectivity index (χ1v) is 7.26. The largest absolute Gasteiger partial charge is 0.382 e. The molecule has 1 amide bonds. The van der Waals surface area contributed by atoms with Gasteiger partial charge >= 0.3 is 0 Å². The Morgan fingerprint density at radius 2 is 2.10 bits per heavy atom. The first-order valence-electron chi connectivity index (χ1n) is 7.26. The highest BCUT2D eigenvalue weighted by Gasteiger charge is 2.30. The van der Waals surface area contributed by atoms with E-state index in [0.717, 1.165) is 5.69 Å². The highest BCUT2D eigenvalue weighted by atomic mass is 16.1. The fourth-order valence-corrected chi connectivity index (χ4v) is 2.78. The van der Waals surface area contributed by atoms with E-state index in [4.69, 9.17) is 0 Å². The highest BCUT2D eigenvalue weighted by molar-refractivity contribution is 5.94. The molecule has 1 saturated carbocycles. The van der Waals surface area contributed by atoms with Gasteiger partial charge in [0.05, 0.1) is 0 Å². The van der Waals surface area contributed by atoms with Crippen LogP contribution in [0.1, 0.15) is 43.5 Å². The maximum atomic E-state index is 11.8. The molecule has 20 heavy (non-hydrogen) atoms. The van der Waals surface area contributed by atoms with E-state index < -0.39 is 0 Å². The number of rotatable bonds is 5. The van der Waals surface area contributed by atoms with Gasteiger partial charge in [0.15, 0.2) is 0 Å². The number of hydrogen-bond acceptors (Lipinski definition) is 2. The van der Waals surface area contributed by atoms with E-state index >= 15 is 0 Å². The van der Waals surface area contributed by atoms with Gasteiger partial charge < -0.3 is 10.6 Å². The lowest BCUT2D eigenvalue weighted by Crippen LogP contribution is -2.23. The first kappa shape index (κ1) is 14.6. The molecule has 3 heteroatoms. The third-order valence-electron chi connectivity index (χ3n) is 3.89. The van der Waals surface area contributed by atoms with Crippen LogP contribution in [-0.2, 0) is 0 Å². The number of benzene rings is 1. The summed E-state index contributed by atoms with van der Waals surface area (Å²) >= 11 is 0. The van der Waals surface area contributed by atoms with Crippen LogP contribution in [0.25, 0.3) is 0 Å². The minimum Gasteiger partial charge on any atom is -0.382 e. The lowest BCUT2D eigenvalue weighted by Gasteiger charge is -2.18. The van der Waals surface area contributed by atoms with Crippen LogP contribution >= 0.6 is 0 Å². The smallest absolute Gasteiger partial charge is 0.251 e. The van der Waals surface area contributed by atoms with Crippen LogP contribution in [0.4, 0.5) is 5.69 Å². The van der Waals surface area contributed by atoms with Crippen molar-refractivity contribution in [1.82, 2.24) is 5.32 Å². The van der Waals surface area contributed by atoms with Crippen molar-refractivity contribution in [2.75, 3.05) is 11.9 Å². The SMILES string of the molecule is C=CCNC(=O)c1ccc(NC2CCC(C)(C)C2)cc1. The summed E-state index contributed by atoms with van der Waals surface area (Å²) in [7, 11) is 0. The summed E-state index contributed by atoms with van der Waals surface area (Å²) in [6.45, 7) is 8.72. The fraction of sp³-hybridized carbons (Fsp3) is 0.471. The van der Waals surface area contributed by atoms with Gasteiger partial charge in [-0.2, -0.15) is 0 Å². The second kappa shape index (κ2) is 6.12. The fourth-order valence-electron chi connectivity index (χ4n) is 2.78. The molecular weight excluding hydrogens is 248 g/mol. The maximum Gasteiger partial charge on any atom is 0.251 e. The van der Waals surface area contributed by atoms with E-state index in [1.165, 1.54) is 19.3 Å². The van der Waals surface area contributed by atoms with E-state index in [9.17, 15) is 4.79 Å². The minimum absolute atomic E-state index is 0.0570. The number of carbonyl (C=O) groups excluding carboxylic acids is 1. The molecule has 108 valence electrons. The molecule has 0 aromatic heterocycles. The normalized spacial score (nSPS) is 20.4. The van der Waals surface area contributed by atoms with Crippen LogP contribution in [0, 0.1) is 5.41 Å². The predicted molar refractivity (Wildman–Crippen MR) is 84.0 cm³/mol. The second-order valence-corrected chi connectivity index (χ2v) is 6.32. The van der Waals surface area contributed by atoms with Gasteiger partial charge in [0.2, 0.25) is 0 Å². The Morgan fingerprint density at radius 3 is 2.65 bits per heavy atom. The second-order valence-electron chi connectivity index (χ2n) is 6.32. The van der Waals surface area contributed by atoms with Crippen LogP contribution < -0.4 is 10.6 Å². The van der Waals surface area contributed by atoms with Crippen molar-refractivity contribution in [3.8, 4) is 0 Å². The Balaban J connectivity index is 1.92. The quantitative estimate of drug-likeness (QED) is 0.804. The van der Waals surface area contributed by atoms with Crippen molar-refractivity contribution in [2.45, 2.75) is 39.2 Å². The predicted octanol–water partition coefficient (Wildman–Crippen LogP) is 3.59. The molecule has 1 aromatic rings. The third-order valence-corrected chi connectivity index (χ3v) is 3.89. The maximum absolute atomic E-state index is 11.8. The van der Waals surface area contributed by atoms with Crippen LogP contribution in [0.5, 0.6) is 0 Å². The molecule has 1 aliphatic carbocycles. The Bertz CT molecular complexity index is 476. The molecular formula is C17H24N2O. The zero-order valence-corrected chi connectivity index (χ0v) is 12.4. The molecule has 2 rings (SSSR count). The summed E-state index contributed by atoms with van der Waals surface area (Å²) in [6.07, 6.45) is 5.37. The molecule has 2 N–H and O–H groups in total.